The van der Waals surface area contributed by atoms with Crippen molar-refractivity contribution in [2.75, 3.05) is 0 Å². The highest BCUT2D eigenvalue weighted by Gasteiger charge is 2.10. The Hall–Kier alpha value is -1.31. The molecule has 0 aliphatic carbocycles. The van der Waals surface area contributed by atoms with Gasteiger partial charge in [-0.1, -0.05) is 37.8 Å². The summed E-state index contributed by atoms with van der Waals surface area (Å²) in [6.07, 6.45) is 8.13. The minimum Gasteiger partial charge on any atom is -0.458 e. The van der Waals surface area contributed by atoms with E-state index in [0.717, 1.165) is 12.0 Å². The molecule has 0 saturated carbocycles. The van der Waals surface area contributed by atoms with Crippen LogP contribution in [0, 0.1) is 0 Å². The third-order valence-electron chi connectivity index (χ3n) is 1.71. The van der Waals surface area contributed by atoms with Crippen LogP contribution in [0.4, 0.5) is 0 Å². The smallest absolute Gasteiger partial charge is 0.303 e. The molecule has 14 heavy (non-hydrogen) atoms. The first-order valence-electron chi connectivity index (χ1n) is 4.77. The lowest BCUT2D eigenvalue weighted by Crippen LogP contribution is -2.16. The van der Waals surface area contributed by atoms with E-state index in [4.69, 9.17) is 4.74 Å². The molecule has 0 saturated heterocycles. The van der Waals surface area contributed by atoms with E-state index in [0.29, 0.717) is 0 Å². The fraction of sp³-hybridized carbons (Fsp3) is 0.417. The Kier molecular flexibility index (Phi) is 6.46. The summed E-state index contributed by atoms with van der Waals surface area (Å²) in [5, 5.41) is 0. The van der Waals surface area contributed by atoms with Crippen LogP contribution >= 0.6 is 0 Å². The summed E-state index contributed by atoms with van der Waals surface area (Å²) in [5.74, 6) is -0.266. The molecule has 0 aliphatic heterocycles. The van der Waals surface area contributed by atoms with Crippen LogP contribution in [-0.4, -0.2) is 12.1 Å². The van der Waals surface area contributed by atoms with Gasteiger partial charge in [0.05, 0.1) is 0 Å². The lowest BCUT2D eigenvalue weighted by molar-refractivity contribution is -0.144. The zero-order chi connectivity index (χ0) is 11.0. The maximum Gasteiger partial charge on any atom is 0.303 e. The molecule has 2 heteroatoms. The van der Waals surface area contributed by atoms with Gasteiger partial charge in [0.1, 0.15) is 6.10 Å². The molecule has 0 aromatic rings. The molecule has 0 heterocycles. The minimum absolute atomic E-state index is 0.200. The maximum atomic E-state index is 10.7. The highest BCUT2D eigenvalue weighted by atomic mass is 16.5. The molecular formula is C12H18O2. The molecule has 0 aliphatic rings. The second-order valence-electron chi connectivity index (χ2n) is 2.97. The number of allylic oxidation sites excluding steroid dienone is 3. The summed E-state index contributed by atoms with van der Waals surface area (Å²) in [6, 6.07) is 0. The fourth-order valence-corrected chi connectivity index (χ4v) is 1.02. The monoisotopic (exact) mass is 194 g/mol. The number of carbonyl (C=O) groups excluding carboxylic acids is 1. The second kappa shape index (κ2) is 7.13. The van der Waals surface area contributed by atoms with Gasteiger partial charge in [-0.15, -0.1) is 0 Å². The summed E-state index contributed by atoms with van der Waals surface area (Å²) >= 11 is 0. The highest BCUT2D eigenvalue weighted by molar-refractivity contribution is 5.66. The SMILES string of the molecule is C=C(/C=C\C=C/C)C(CC)OC(C)=O. The van der Waals surface area contributed by atoms with Gasteiger partial charge in [-0.05, 0) is 18.9 Å². The largest absolute Gasteiger partial charge is 0.458 e. The molecular weight excluding hydrogens is 176 g/mol. The van der Waals surface area contributed by atoms with Gasteiger partial charge < -0.3 is 4.74 Å². The van der Waals surface area contributed by atoms with Gasteiger partial charge in [-0.2, -0.15) is 0 Å². The number of rotatable bonds is 5. The predicted octanol–water partition coefficient (Wildman–Crippen LogP) is 3.02. The molecule has 2 nitrogen and oxygen atoms in total. The number of hydrogen-bond donors (Lipinski definition) is 0. The van der Waals surface area contributed by atoms with Gasteiger partial charge >= 0.3 is 5.97 Å². The van der Waals surface area contributed by atoms with Gasteiger partial charge in [0, 0.05) is 6.92 Å². The summed E-state index contributed by atoms with van der Waals surface area (Å²) < 4.78 is 5.08. The molecule has 1 unspecified atom stereocenters. The predicted molar refractivity (Wildman–Crippen MR) is 58.9 cm³/mol. The Balaban J connectivity index is 4.24. The van der Waals surface area contributed by atoms with E-state index in [-0.39, 0.29) is 12.1 Å². The molecule has 0 fully saturated rings. The van der Waals surface area contributed by atoms with Crippen LogP contribution in [0.3, 0.4) is 0 Å². The summed E-state index contributed by atoms with van der Waals surface area (Å²) in [5.41, 5.74) is 0.820. The van der Waals surface area contributed by atoms with Crippen molar-refractivity contribution in [1.29, 1.82) is 0 Å². The number of hydrogen-bond acceptors (Lipinski definition) is 2. The average molecular weight is 194 g/mol. The summed E-state index contributed by atoms with van der Waals surface area (Å²) in [7, 11) is 0. The molecule has 0 N–H and O–H groups in total. The number of ether oxygens (including phenoxy) is 1. The third-order valence-corrected chi connectivity index (χ3v) is 1.71. The van der Waals surface area contributed by atoms with Gasteiger partial charge in [0.2, 0.25) is 0 Å². The summed E-state index contributed by atoms with van der Waals surface area (Å²) in [4.78, 5) is 10.7. The molecule has 0 aromatic carbocycles. The lowest BCUT2D eigenvalue weighted by atomic mass is 10.1. The van der Waals surface area contributed by atoms with E-state index in [2.05, 4.69) is 6.58 Å². The molecule has 0 amide bonds. The van der Waals surface area contributed by atoms with Gasteiger partial charge in [-0.25, -0.2) is 0 Å². The van der Waals surface area contributed by atoms with Gasteiger partial charge in [0.15, 0.2) is 0 Å². The van der Waals surface area contributed by atoms with E-state index >= 15 is 0 Å². The van der Waals surface area contributed by atoms with Gasteiger partial charge in [-0.3, -0.25) is 4.79 Å². The summed E-state index contributed by atoms with van der Waals surface area (Å²) in [6.45, 7) is 9.16. The van der Waals surface area contributed by atoms with Crippen molar-refractivity contribution in [2.24, 2.45) is 0 Å². The first kappa shape index (κ1) is 12.7. The Labute approximate surface area is 86.0 Å². The van der Waals surface area contributed by atoms with Crippen LogP contribution in [-0.2, 0) is 9.53 Å². The van der Waals surface area contributed by atoms with E-state index in [1.807, 2.05) is 38.2 Å². The molecule has 1 atom stereocenters. The van der Waals surface area contributed by atoms with E-state index in [9.17, 15) is 4.79 Å². The Bertz CT molecular complexity index is 249. The average Bonchev–Trinajstić information content (AvgIpc) is 2.14. The van der Waals surface area contributed by atoms with Crippen LogP contribution in [0.5, 0.6) is 0 Å². The maximum absolute atomic E-state index is 10.7. The first-order chi connectivity index (χ1) is 6.61. The molecule has 0 radical (unpaired) electrons. The standard InChI is InChI=1S/C12H18O2/c1-5-7-8-9-10(3)12(6-2)14-11(4)13/h5,7-9,12H,3,6H2,1-2,4H3/b7-5-,9-8-. The Morgan fingerprint density at radius 3 is 2.57 bits per heavy atom. The Morgan fingerprint density at radius 2 is 2.14 bits per heavy atom. The van der Waals surface area contributed by atoms with Crippen molar-refractivity contribution >= 4 is 5.97 Å². The van der Waals surface area contributed by atoms with Crippen molar-refractivity contribution in [1.82, 2.24) is 0 Å². The Morgan fingerprint density at radius 1 is 1.50 bits per heavy atom. The quantitative estimate of drug-likeness (QED) is 0.496. The lowest BCUT2D eigenvalue weighted by Gasteiger charge is -2.14. The molecule has 0 spiro atoms. The molecule has 0 aromatic heterocycles. The normalized spacial score (nSPS) is 13.4. The highest BCUT2D eigenvalue weighted by Crippen LogP contribution is 2.10. The van der Waals surface area contributed by atoms with Crippen molar-refractivity contribution in [2.45, 2.75) is 33.3 Å². The zero-order valence-electron chi connectivity index (χ0n) is 9.12. The van der Waals surface area contributed by atoms with Crippen LogP contribution in [0.15, 0.2) is 36.5 Å². The van der Waals surface area contributed by atoms with E-state index < -0.39 is 0 Å². The van der Waals surface area contributed by atoms with Crippen molar-refractivity contribution in [3.8, 4) is 0 Å². The van der Waals surface area contributed by atoms with Crippen LogP contribution < -0.4 is 0 Å². The number of esters is 1. The molecule has 78 valence electrons. The van der Waals surface area contributed by atoms with Crippen LogP contribution in [0.2, 0.25) is 0 Å². The minimum atomic E-state index is -0.266. The van der Waals surface area contributed by atoms with E-state index in [1.54, 1.807) is 0 Å². The van der Waals surface area contributed by atoms with Crippen molar-refractivity contribution < 1.29 is 9.53 Å². The first-order valence-corrected chi connectivity index (χ1v) is 4.77. The topological polar surface area (TPSA) is 26.3 Å². The van der Waals surface area contributed by atoms with Gasteiger partial charge in [0.25, 0.3) is 0 Å². The fourth-order valence-electron chi connectivity index (χ4n) is 1.02. The van der Waals surface area contributed by atoms with Crippen LogP contribution in [0.25, 0.3) is 0 Å². The van der Waals surface area contributed by atoms with Crippen molar-refractivity contribution in [3.63, 3.8) is 0 Å². The molecule has 0 bridgehead atoms. The van der Waals surface area contributed by atoms with E-state index in [1.165, 1.54) is 6.92 Å². The molecule has 0 rings (SSSR count). The zero-order valence-corrected chi connectivity index (χ0v) is 9.12. The van der Waals surface area contributed by atoms with Crippen LogP contribution in [0.1, 0.15) is 27.2 Å². The van der Waals surface area contributed by atoms with Crippen molar-refractivity contribution in [3.05, 3.63) is 36.5 Å². The third kappa shape index (κ3) is 5.36. The second-order valence-corrected chi connectivity index (χ2v) is 2.97. The number of carbonyl (C=O) groups is 1.